The summed E-state index contributed by atoms with van der Waals surface area (Å²) in [6.07, 6.45) is 1.03. The highest BCUT2D eigenvalue weighted by molar-refractivity contribution is 7.80. The van der Waals surface area contributed by atoms with E-state index in [-0.39, 0.29) is 11.0 Å². The number of carbonyl (C=O) groups excluding carboxylic acids is 1. The number of ether oxygens (including phenoxy) is 1. The first-order valence-electron chi connectivity index (χ1n) is 7.90. The van der Waals surface area contributed by atoms with Gasteiger partial charge in [0.25, 0.3) is 5.91 Å². The molecule has 2 aromatic carbocycles. The van der Waals surface area contributed by atoms with Gasteiger partial charge in [0.2, 0.25) is 0 Å². The fourth-order valence-electron chi connectivity index (χ4n) is 2.35. The number of hydrogen-bond acceptors (Lipinski definition) is 3. The summed E-state index contributed by atoms with van der Waals surface area (Å²) in [5.74, 6) is 0.765. The number of methoxy groups -OCH3 is 1. The molecule has 24 heavy (non-hydrogen) atoms. The molecule has 0 spiro atoms. The van der Waals surface area contributed by atoms with E-state index in [1.807, 2.05) is 18.2 Å². The number of rotatable bonds is 5. The molecule has 0 aliphatic carbocycles. The van der Waals surface area contributed by atoms with Crippen LogP contribution in [0.25, 0.3) is 0 Å². The lowest BCUT2D eigenvalue weighted by Gasteiger charge is -2.17. The molecule has 1 amide bonds. The van der Waals surface area contributed by atoms with Gasteiger partial charge in [-0.3, -0.25) is 10.1 Å². The second kappa shape index (κ2) is 8.45. The van der Waals surface area contributed by atoms with Gasteiger partial charge in [-0.2, -0.15) is 0 Å². The normalized spacial score (nSPS) is 11.5. The van der Waals surface area contributed by atoms with Crippen molar-refractivity contribution in [3.8, 4) is 5.75 Å². The molecule has 0 bridgehead atoms. The van der Waals surface area contributed by atoms with E-state index in [9.17, 15) is 4.79 Å². The molecule has 5 heteroatoms. The van der Waals surface area contributed by atoms with Crippen molar-refractivity contribution in [1.82, 2.24) is 5.32 Å². The van der Waals surface area contributed by atoms with E-state index in [2.05, 4.69) is 30.5 Å². The van der Waals surface area contributed by atoms with Gasteiger partial charge in [-0.1, -0.05) is 38.1 Å². The van der Waals surface area contributed by atoms with Gasteiger partial charge in [-0.25, -0.2) is 0 Å². The Morgan fingerprint density at radius 2 is 1.96 bits per heavy atom. The molecule has 126 valence electrons. The molecule has 2 rings (SSSR count). The quantitative estimate of drug-likeness (QED) is 0.794. The van der Waals surface area contributed by atoms with E-state index in [4.69, 9.17) is 17.0 Å². The average Bonchev–Trinajstić information content (AvgIpc) is 2.61. The van der Waals surface area contributed by atoms with Gasteiger partial charge >= 0.3 is 0 Å². The Kier molecular flexibility index (Phi) is 6.32. The molecular weight excluding hydrogens is 320 g/mol. The zero-order chi connectivity index (χ0) is 17.5. The lowest BCUT2D eigenvalue weighted by atomic mass is 9.97. The van der Waals surface area contributed by atoms with Crippen LogP contribution < -0.4 is 15.4 Å². The van der Waals surface area contributed by atoms with Crippen LogP contribution in [0.1, 0.15) is 42.1 Å². The van der Waals surface area contributed by atoms with Crippen LogP contribution in [-0.2, 0) is 0 Å². The third-order valence-electron chi connectivity index (χ3n) is 3.91. The van der Waals surface area contributed by atoms with E-state index < -0.39 is 0 Å². The summed E-state index contributed by atoms with van der Waals surface area (Å²) in [7, 11) is 1.56. The monoisotopic (exact) mass is 342 g/mol. The summed E-state index contributed by atoms with van der Waals surface area (Å²) < 4.78 is 5.13. The van der Waals surface area contributed by atoms with E-state index in [0.29, 0.717) is 17.2 Å². The van der Waals surface area contributed by atoms with Gasteiger partial charge in [-0.05, 0) is 54.4 Å². The van der Waals surface area contributed by atoms with Crippen LogP contribution in [-0.4, -0.2) is 18.1 Å². The van der Waals surface area contributed by atoms with Crippen LogP contribution >= 0.6 is 12.2 Å². The smallest absolute Gasteiger partial charge is 0.257 e. The maximum Gasteiger partial charge on any atom is 0.257 e. The molecule has 0 fully saturated rings. The Morgan fingerprint density at radius 3 is 2.67 bits per heavy atom. The molecular formula is C19H22N2O2S. The minimum Gasteiger partial charge on any atom is -0.497 e. The SMILES string of the molecule is CC[C@H](C)c1ccccc1NC(=S)NC(=O)c1cccc(OC)c1. The molecule has 2 N–H and O–H groups in total. The van der Waals surface area contributed by atoms with Crippen LogP contribution in [0.2, 0.25) is 0 Å². The molecule has 0 aromatic heterocycles. The highest BCUT2D eigenvalue weighted by atomic mass is 32.1. The summed E-state index contributed by atoms with van der Waals surface area (Å²) in [5, 5.41) is 6.11. The highest BCUT2D eigenvalue weighted by Crippen LogP contribution is 2.26. The van der Waals surface area contributed by atoms with Crippen molar-refractivity contribution >= 4 is 28.9 Å². The number of carbonyl (C=O) groups is 1. The molecule has 1 atom stereocenters. The summed E-state index contributed by atoms with van der Waals surface area (Å²) >= 11 is 5.28. The first-order valence-corrected chi connectivity index (χ1v) is 8.31. The maximum absolute atomic E-state index is 12.3. The average molecular weight is 342 g/mol. The second-order valence-corrected chi connectivity index (χ2v) is 5.94. The van der Waals surface area contributed by atoms with Gasteiger partial charge in [0.1, 0.15) is 5.75 Å². The number of thiocarbonyl (C=S) groups is 1. The molecule has 0 aliphatic heterocycles. The second-order valence-electron chi connectivity index (χ2n) is 5.54. The molecule has 0 saturated heterocycles. The fraction of sp³-hybridized carbons (Fsp3) is 0.263. The van der Waals surface area contributed by atoms with E-state index in [1.165, 1.54) is 5.56 Å². The van der Waals surface area contributed by atoms with Crippen molar-refractivity contribution in [2.45, 2.75) is 26.2 Å². The first kappa shape index (κ1) is 17.9. The Hall–Kier alpha value is -2.40. The Morgan fingerprint density at radius 1 is 1.21 bits per heavy atom. The summed E-state index contributed by atoms with van der Waals surface area (Å²) in [5.41, 5.74) is 2.59. The minimum atomic E-state index is -0.271. The molecule has 0 heterocycles. The number of nitrogens with one attached hydrogen (secondary N) is 2. The van der Waals surface area contributed by atoms with E-state index in [0.717, 1.165) is 12.1 Å². The van der Waals surface area contributed by atoms with Crippen molar-refractivity contribution in [3.63, 3.8) is 0 Å². The molecule has 0 aliphatic rings. The summed E-state index contributed by atoms with van der Waals surface area (Å²) in [6, 6.07) is 14.9. The van der Waals surface area contributed by atoms with Crippen LogP contribution in [0.4, 0.5) is 5.69 Å². The van der Waals surface area contributed by atoms with Crippen molar-refractivity contribution in [2.75, 3.05) is 12.4 Å². The largest absolute Gasteiger partial charge is 0.497 e. The third kappa shape index (κ3) is 4.55. The standard InChI is InChI=1S/C19H22N2O2S/c1-4-13(2)16-10-5-6-11-17(16)20-19(24)21-18(22)14-8-7-9-15(12-14)23-3/h5-13H,4H2,1-3H3,(H2,20,21,22,24)/t13-/m0/s1. The molecule has 0 unspecified atom stereocenters. The minimum absolute atomic E-state index is 0.271. The lowest BCUT2D eigenvalue weighted by Crippen LogP contribution is -2.34. The lowest BCUT2D eigenvalue weighted by molar-refractivity contribution is 0.0977. The van der Waals surface area contributed by atoms with E-state index in [1.54, 1.807) is 31.4 Å². The van der Waals surface area contributed by atoms with Gasteiger partial charge in [-0.15, -0.1) is 0 Å². The number of para-hydroxylation sites is 1. The predicted octanol–water partition coefficient (Wildman–Crippen LogP) is 4.34. The highest BCUT2D eigenvalue weighted by Gasteiger charge is 2.12. The van der Waals surface area contributed by atoms with Crippen LogP contribution in [0, 0.1) is 0 Å². The summed E-state index contributed by atoms with van der Waals surface area (Å²) in [6.45, 7) is 4.31. The van der Waals surface area contributed by atoms with Gasteiger partial charge < -0.3 is 10.1 Å². The molecule has 4 nitrogen and oxygen atoms in total. The van der Waals surface area contributed by atoms with Crippen LogP contribution in [0.3, 0.4) is 0 Å². The Labute approximate surface area is 148 Å². The van der Waals surface area contributed by atoms with E-state index >= 15 is 0 Å². The Bertz CT molecular complexity index is 731. The third-order valence-corrected chi connectivity index (χ3v) is 4.12. The number of anilines is 1. The van der Waals surface area contributed by atoms with Crippen LogP contribution in [0.15, 0.2) is 48.5 Å². The van der Waals surface area contributed by atoms with Crippen LogP contribution in [0.5, 0.6) is 5.75 Å². The first-order chi connectivity index (χ1) is 11.5. The molecule has 0 radical (unpaired) electrons. The Balaban J connectivity index is 2.07. The molecule has 2 aromatic rings. The van der Waals surface area contributed by atoms with Crippen molar-refractivity contribution in [1.29, 1.82) is 0 Å². The van der Waals surface area contributed by atoms with Crippen molar-refractivity contribution in [2.24, 2.45) is 0 Å². The predicted molar refractivity (Wildman–Crippen MR) is 102 cm³/mol. The van der Waals surface area contributed by atoms with Gasteiger partial charge in [0.05, 0.1) is 7.11 Å². The maximum atomic E-state index is 12.3. The van der Waals surface area contributed by atoms with Crippen molar-refractivity contribution < 1.29 is 9.53 Å². The fourth-order valence-corrected chi connectivity index (χ4v) is 2.56. The number of amides is 1. The zero-order valence-corrected chi connectivity index (χ0v) is 14.9. The topological polar surface area (TPSA) is 50.4 Å². The molecule has 0 saturated carbocycles. The number of hydrogen-bond donors (Lipinski definition) is 2. The number of benzene rings is 2. The van der Waals surface area contributed by atoms with Gasteiger partial charge in [0, 0.05) is 11.3 Å². The summed E-state index contributed by atoms with van der Waals surface area (Å²) in [4.78, 5) is 12.3. The zero-order valence-electron chi connectivity index (χ0n) is 14.1. The van der Waals surface area contributed by atoms with Crippen molar-refractivity contribution in [3.05, 3.63) is 59.7 Å². The van der Waals surface area contributed by atoms with Gasteiger partial charge in [0.15, 0.2) is 5.11 Å².